The summed E-state index contributed by atoms with van der Waals surface area (Å²) in [5, 5.41) is 5.70. The smallest absolute Gasteiger partial charge is 0.314 e. The molecule has 82 valence electrons. The van der Waals surface area contributed by atoms with E-state index in [1.165, 1.54) is 25.7 Å². The molecule has 0 aliphatic heterocycles. The number of hydrogen-bond acceptors (Lipinski definition) is 2. The van der Waals surface area contributed by atoms with E-state index in [2.05, 4.69) is 16.9 Å². The number of carbonyl (C=O) groups is 1. The molecule has 3 nitrogen and oxygen atoms in total. The molecule has 1 rings (SSSR count). The predicted octanol–water partition coefficient (Wildman–Crippen LogP) is 1.98. The van der Waals surface area contributed by atoms with E-state index in [1.54, 1.807) is 0 Å². The Morgan fingerprint density at radius 3 is 2.50 bits per heavy atom. The van der Waals surface area contributed by atoms with E-state index < -0.39 is 0 Å². The van der Waals surface area contributed by atoms with E-state index in [1.807, 2.05) is 18.7 Å². The Kier molecular flexibility index (Phi) is 4.58. The molecule has 1 aliphatic rings. The van der Waals surface area contributed by atoms with Crippen LogP contribution in [0.15, 0.2) is 0 Å². The lowest BCUT2D eigenvalue weighted by Gasteiger charge is -2.26. The van der Waals surface area contributed by atoms with E-state index >= 15 is 0 Å². The lowest BCUT2D eigenvalue weighted by Crippen LogP contribution is -2.43. The van der Waals surface area contributed by atoms with Crippen LogP contribution in [0, 0.1) is 0 Å². The van der Waals surface area contributed by atoms with Crippen molar-refractivity contribution in [1.82, 2.24) is 10.6 Å². The summed E-state index contributed by atoms with van der Waals surface area (Å²) in [6.45, 7) is 3.43. The maximum Gasteiger partial charge on any atom is 0.314 e. The second kappa shape index (κ2) is 5.49. The molecule has 2 N–H and O–H groups in total. The molecule has 0 saturated heterocycles. The Morgan fingerprint density at radius 2 is 2.00 bits per heavy atom. The minimum atomic E-state index is -0.0344. The molecular weight excluding hydrogens is 196 g/mol. The van der Waals surface area contributed by atoms with E-state index in [-0.39, 0.29) is 6.03 Å². The molecule has 1 fully saturated rings. The topological polar surface area (TPSA) is 41.1 Å². The summed E-state index contributed by atoms with van der Waals surface area (Å²) in [4.78, 5) is 11.2. The van der Waals surface area contributed by atoms with Crippen molar-refractivity contribution in [3.63, 3.8) is 0 Å². The van der Waals surface area contributed by atoms with Crippen LogP contribution in [-0.2, 0) is 0 Å². The Bertz CT molecular complexity index is 191. The second-order valence-corrected chi connectivity index (χ2v) is 5.08. The van der Waals surface area contributed by atoms with Crippen molar-refractivity contribution in [3.05, 3.63) is 0 Å². The maximum absolute atomic E-state index is 11.2. The number of nitrogens with one attached hydrogen (secondary N) is 2. The van der Waals surface area contributed by atoms with Crippen LogP contribution in [0.4, 0.5) is 4.79 Å². The van der Waals surface area contributed by atoms with Gasteiger partial charge in [-0.3, -0.25) is 0 Å². The van der Waals surface area contributed by atoms with Gasteiger partial charge in [-0.2, -0.15) is 11.8 Å². The first-order valence-corrected chi connectivity index (χ1v) is 6.52. The van der Waals surface area contributed by atoms with Gasteiger partial charge in [-0.25, -0.2) is 4.79 Å². The second-order valence-electron chi connectivity index (χ2n) is 3.81. The fourth-order valence-electron chi connectivity index (χ4n) is 1.94. The van der Waals surface area contributed by atoms with Gasteiger partial charge in [0.1, 0.15) is 0 Å². The zero-order valence-electron chi connectivity index (χ0n) is 9.06. The molecule has 0 heterocycles. The molecule has 1 saturated carbocycles. The van der Waals surface area contributed by atoms with Gasteiger partial charge in [0.2, 0.25) is 0 Å². The van der Waals surface area contributed by atoms with Crippen molar-refractivity contribution in [3.8, 4) is 0 Å². The molecule has 1 aliphatic carbocycles. The third-order valence-corrected chi connectivity index (χ3v) is 4.27. The highest BCUT2D eigenvalue weighted by molar-refractivity contribution is 8.00. The average molecular weight is 216 g/mol. The first-order chi connectivity index (χ1) is 6.72. The Morgan fingerprint density at radius 1 is 1.36 bits per heavy atom. The van der Waals surface area contributed by atoms with E-state index in [4.69, 9.17) is 0 Å². The minimum Gasteiger partial charge on any atom is -0.338 e. The molecule has 0 spiro atoms. The molecule has 0 aromatic heterocycles. The summed E-state index contributed by atoms with van der Waals surface area (Å²) in [6.07, 6.45) is 7.22. The number of thioether (sulfide) groups is 1. The monoisotopic (exact) mass is 216 g/mol. The number of urea groups is 1. The predicted molar refractivity (Wildman–Crippen MR) is 61.8 cm³/mol. The average Bonchev–Trinajstić information content (AvgIpc) is 2.65. The Balaban J connectivity index is 2.30. The van der Waals surface area contributed by atoms with E-state index in [9.17, 15) is 4.79 Å². The van der Waals surface area contributed by atoms with Gasteiger partial charge in [0.05, 0.1) is 0 Å². The normalized spacial score (nSPS) is 19.3. The number of hydrogen-bond donors (Lipinski definition) is 2. The van der Waals surface area contributed by atoms with Gasteiger partial charge in [-0.15, -0.1) is 0 Å². The minimum absolute atomic E-state index is 0.0344. The summed E-state index contributed by atoms with van der Waals surface area (Å²) in [5.41, 5.74) is 0. The quantitative estimate of drug-likeness (QED) is 0.754. The van der Waals surface area contributed by atoms with Crippen LogP contribution in [0.2, 0.25) is 0 Å². The van der Waals surface area contributed by atoms with Gasteiger partial charge < -0.3 is 10.6 Å². The third kappa shape index (κ3) is 3.08. The maximum atomic E-state index is 11.2. The van der Waals surface area contributed by atoms with Gasteiger partial charge >= 0.3 is 6.03 Å². The standard InChI is InChI=1S/C10H20N2OS/c1-3-11-9(13)12-8-10(14-2)6-4-5-7-10/h3-8H2,1-2H3,(H2,11,12,13). The highest BCUT2D eigenvalue weighted by Crippen LogP contribution is 2.39. The fraction of sp³-hybridized carbons (Fsp3) is 0.900. The summed E-state index contributed by atoms with van der Waals surface area (Å²) >= 11 is 1.90. The van der Waals surface area contributed by atoms with Crippen LogP contribution in [0.25, 0.3) is 0 Å². The number of rotatable bonds is 4. The van der Waals surface area contributed by atoms with Crippen molar-refractivity contribution in [1.29, 1.82) is 0 Å². The van der Waals surface area contributed by atoms with Gasteiger partial charge in [0.25, 0.3) is 0 Å². The molecule has 0 unspecified atom stereocenters. The lowest BCUT2D eigenvalue weighted by molar-refractivity contribution is 0.240. The Labute approximate surface area is 90.4 Å². The first-order valence-electron chi connectivity index (χ1n) is 5.29. The summed E-state index contributed by atoms with van der Waals surface area (Å²) in [5.74, 6) is 0. The van der Waals surface area contributed by atoms with Gasteiger partial charge in [0, 0.05) is 17.8 Å². The van der Waals surface area contributed by atoms with Crippen molar-refractivity contribution in [2.75, 3.05) is 19.3 Å². The van der Waals surface area contributed by atoms with Gasteiger partial charge in [-0.05, 0) is 26.0 Å². The Hall–Kier alpha value is -0.380. The van der Waals surface area contributed by atoms with Gasteiger partial charge in [0.15, 0.2) is 0 Å². The van der Waals surface area contributed by atoms with Crippen LogP contribution in [0.5, 0.6) is 0 Å². The fourth-order valence-corrected chi connectivity index (χ4v) is 2.85. The zero-order chi connectivity index (χ0) is 10.4. The van der Waals surface area contributed by atoms with Crippen molar-refractivity contribution in [2.24, 2.45) is 0 Å². The molecule has 0 atom stereocenters. The van der Waals surface area contributed by atoms with E-state index in [0.29, 0.717) is 11.3 Å². The first kappa shape index (κ1) is 11.7. The van der Waals surface area contributed by atoms with Crippen LogP contribution in [-0.4, -0.2) is 30.1 Å². The molecule has 0 bridgehead atoms. The zero-order valence-corrected chi connectivity index (χ0v) is 9.88. The highest BCUT2D eigenvalue weighted by Gasteiger charge is 2.32. The number of amides is 2. The highest BCUT2D eigenvalue weighted by atomic mass is 32.2. The molecule has 0 aromatic rings. The van der Waals surface area contributed by atoms with Crippen molar-refractivity contribution in [2.45, 2.75) is 37.4 Å². The van der Waals surface area contributed by atoms with Crippen LogP contribution >= 0.6 is 11.8 Å². The van der Waals surface area contributed by atoms with Gasteiger partial charge in [-0.1, -0.05) is 12.8 Å². The van der Waals surface area contributed by atoms with Crippen LogP contribution < -0.4 is 10.6 Å². The van der Waals surface area contributed by atoms with Crippen molar-refractivity contribution < 1.29 is 4.79 Å². The molecular formula is C10H20N2OS. The number of carbonyl (C=O) groups excluding carboxylic acids is 1. The lowest BCUT2D eigenvalue weighted by atomic mass is 10.1. The van der Waals surface area contributed by atoms with E-state index in [0.717, 1.165) is 6.54 Å². The molecule has 0 aromatic carbocycles. The third-order valence-electron chi connectivity index (χ3n) is 2.86. The van der Waals surface area contributed by atoms with Crippen molar-refractivity contribution >= 4 is 17.8 Å². The SMILES string of the molecule is CCNC(=O)NCC1(SC)CCCC1. The summed E-state index contributed by atoms with van der Waals surface area (Å²) in [6, 6.07) is -0.0344. The largest absolute Gasteiger partial charge is 0.338 e. The molecule has 14 heavy (non-hydrogen) atoms. The van der Waals surface area contributed by atoms with Crippen LogP contribution in [0.1, 0.15) is 32.6 Å². The molecule has 2 amide bonds. The summed E-state index contributed by atoms with van der Waals surface area (Å²) in [7, 11) is 0. The van der Waals surface area contributed by atoms with Crippen LogP contribution in [0.3, 0.4) is 0 Å². The molecule has 4 heteroatoms. The summed E-state index contributed by atoms with van der Waals surface area (Å²) < 4.78 is 0.311. The molecule has 0 radical (unpaired) electrons.